The van der Waals surface area contributed by atoms with Crippen LogP contribution in [0.5, 0.6) is 0 Å². The van der Waals surface area contributed by atoms with Crippen molar-refractivity contribution < 1.29 is 0 Å². The lowest BCUT2D eigenvalue weighted by Crippen LogP contribution is -2.50. The number of rotatable bonds is 3. The first-order valence-electron chi connectivity index (χ1n) is 8.00. The van der Waals surface area contributed by atoms with E-state index in [2.05, 4.69) is 55.6 Å². The third-order valence-corrected chi connectivity index (χ3v) is 4.31. The summed E-state index contributed by atoms with van der Waals surface area (Å²) in [6.45, 7) is 5.84. The van der Waals surface area contributed by atoms with E-state index < -0.39 is 0 Å². The minimum absolute atomic E-state index is 0.398. The first-order valence-corrected chi connectivity index (χ1v) is 8.00. The van der Waals surface area contributed by atoms with Gasteiger partial charge in [0.15, 0.2) is 0 Å². The molecule has 2 aliphatic heterocycles. The van der Waals surface area contributed by atoms with Crippen LogP contribution in [0, 0.1) is 0 Å². The number of anilines is 3. The highest BCUT2D eigenvalue weighted by Gasteiger charge is 2.20. The van der Waals surface area contributed by atoms with E-state index in [4.69, 9.17) is 0 Å². The zero-order chi connectivity index (χ0) is 15.6. The molecule has 0 saturated carbocycles. The summed E-state index contributed by atoms with van der Waals surface area (Å²) in [6.07, 6.45) is 3.74. The lowest BCUT2D eigenvalue weighted by Gasteiger charge is -2.34. The standard InChI is InChI=1S/C17H20N6/c1-12-9-18-6-7-23(12)17-20-5-4-16(22-17)21-15-3-2-13-10-19-11-14(13)8-15/h2-5,8,11-12,18H,6-7,9-10H2,1H3,(H,20,21,22). The minimum Gasteiger partial charge on any atom is -0.340 e. The number of benzene rings is 1. The summed E-state index contributed by atoms with van der Waals surface area (Å²) in [5.41, 5.74) is 3.48. The molecule has 23 heavy (non-hydrogen) atoms. The van der Waals surface area contributed by atoms with E-state index in [1.165, 1.54) is 11.1 Å². The van der Waals surface area contributed by atoms with Crippen LogP contribution in [-0.4, -0.2) is 41.9 Å². The summed E-state index contributed by atoms with van der Waals surface area (Å²) >= 11 is 0. The van der Waals surface area contributed by atoms with Gasteiger partial charge in [-0.3, -0.25) is 4.99 Å². The number of fused-ring (bicyclic) bond motifs is 1. The van der Waals surface area contributed by atoms with Crippen molar-refractivity contribution in [3.63, 3.8) is 0 Å². The third kappa shape index (κ3) is 2.90. The molecular formula is C17H20N6. The maximum absolute atomic E-state index is 4.68. The highest BCUT2D eigenvalue weighted by Crippen LogP contribution is 2.22. The van der Waals surface area contributed by atoms with Gasteiger partial charge in [-0.15, -0.1) is 0 Å². The Balaban J connectivity index is 1.55. The molecule has 3 heterocycles. The van der Waals surface area contributed by atoms with Gasteiger partial charge in [0.1, 0.15) is 5.82 Å². The molecular weight excluding hydrogens is 288 g/mol. The van der Waals surface area contributed by atoms with Crippen LogP contribution in [0.2, 0.25) is 0 Å². The predicted molar refractivity (Wildman–Crippen MR) is 92.7 cm³/mol. The van der Waals surface area contributed by atoms with Gasteiger partial charge in [0, 0.05) is 43.8 Å². The fraction of sp³-hybridized carbons (Fsp3) is 0.353. The number of hydrogen-bond acceptors (Lipinski definition) is 6. The molecule has 118 valence electrons. The molecule has 2 aromatic rings. The second-order valence-corrected chi connectivity index (χ2v) is 6.00. The van der Waals surface area contributed by atoms with Crippen LogP contribution in [0.15, 0.2) is 35.5 Å². The van der Waals surface area contributed by atoms with E-state index in [1.807, 2.05) is 18.5 Å². The number of aromatic nitrogens is 2. The average molecular weight is 308 g/mol. The summed E-state index contributed by atoms with van der Waals surface area (Å²) in [7, 11) is 0. The predicted octanol–water partition coefficient (Wildman–Crippen LogP) is 1.95. The molecule has 4 rings (SSSR count). The van der Waals surface area contributed by atoms with E-state index in [9.17, 15) is 0 Å². The van der Waals surface area contributed by atoms with E-state index >= 15 is 0 Å². The molecule has 0 radical (unpaired) electrons. The van der Waals surface area contributed by atoms with Crippen molar-refractivity contribution in [2.75, 3.05) is 29.9 Å². The van der Waals surface area contributed by atoms with Crippen molar-refractivity contribution in [2.24, 2.45) is 4.99 Å². The molecule has 1 saturated heterocycles. The molecule has 1 aromatic carbocycles. The van der Waals surface area contributed by atoms with E-state index in [-0.39, 0.29) is 0 Å². The van der Waals surface area contributed by atoms with Gasteiger partial charge in [0.05, 0.1) is 6.54 Å². The van der Waals surface area contributed by atoms with Crippen LogP contribution in [0.3, 0.4) is 0 Å². The third-order valence-electron chi connectivity index (χ3n) is 4.31. The Hall–Kier alpha value is -2.47. The molecule has 1 atom stereocenters. The molecule has 1 aromatic heterocycles. The second-order valence-electron chi connectivity index (χ2n) is 6.00. The second kappa shape index (κ2) is 5.96. The molecule has 0 spiro atoms. The van der Waals surface area contributed by atoms with Crippen LogP contribution >= 0.6 is 0 Å². The number of hydrogen-bond donors (Lipinski definition) is 2. The first-order chi connectivity index (χ1) is 11.3. The van der Waals surface area contributed by atoms with Crippen LogP contribution in [0.25, 0.3) is 0 Å². The number of aliphatic imine (C=N–C) groups is 1. The molecule has 6 heteroatoms. The molecule has 1 fully saturated rings. The van der Waals surface area contributed by atoms with Gasteiger partial charge in [-0.1, -0.05) is 6.07 Å². The van der Waals surface area contributed by atoms with Gasteiger partial charge in [-0.05, 0) is 36.2 Å². The average Bonchev–Trinajstić information content (AvgIpc) is 3.03. The fourth-order valence-corrected chi connectivity index (χ4v) is 3.02. The maximum Gasteiger partial charge on any atom is 0.227 e. The molecule has 1 unspecified atom stereocenters. The fourth-order valence-electron chi connectivity index (χ4n) is 3.02. The lowest BCUT2D eigenvalue weighted by molar-refractivity contribution is 0.493. The van der Waals surface area contributed by atoms with Gasteiger partial charge in [-0.2, -0.15) is 4.98 Å². The smallest absolute Gasteiger partial charge is 0.227 e. The van der Waals surface area contributed by atoms with Crippen LogP contribution in [-0.2, 0) is 6.54 Å². The zero-order valence-corrected chi connectivity index (χ0v) is 13.2. The molecule has 2 aliphatic rings. The van der Waals surface area contributed by atoms with Crippen LogP contribution in [0.4, 0.5) is 17.5 Å². The van der Waals surface area contributed by atoms with Crippen molar-refractivity contribution in [2.45, 2.75) is 19.5 Å². The number of nitrogens with one attached hydrogen (secondary N) is 2. The summed E-state index contributed by atoms with van der Waals surface area (Å²) in [4.78, 5) is 15.7. The van der Waals surface area contributed by atoms with E-state index in [0.717, 1.165) is 43.6 Å². The summed E-state index contributed by atoms with van der Waals surface area (Å²) in [5.74, 6) is 1.60. The topological polar surface area (TPSA) is 65.4 Å². The number of piperazine rings is 1. The molecule has 2 N–H and O–H groups in total. The van der Waals surface area contributed by atoms with Gasteiger partial charge in [0.25, 0.3) is 0 Å². The van der Waals surface area contributed by atoms with Crippen molar-refractivity contribution in [3.8, 4) is 0 Å². The molecule has 0 amide bonds. The van der Waals surface area contributed by atoms with Gasteiger partial charge in [-0.25, -0.2) is 4.98 Å². The Morgan fingerprint density at radius 1 is 1.30 bits per heavy atom. The Labute approximate surface area is 135 Å². The molecule has 0 bridgehead atoms. The van der Waals surface area contributed by atoms with Crippen molar-refractivity contribution in [1.82, 2.24) is 15.3 Å². The highest BCUT2D eigenvalue weighted by atomic mass is 15.3. The minimum atomic E-state index is 0.398. The normalized spacial score (nSPS) is 19.7. The van der Waals surface area contributed by atoms with Gasteiger partial charge in [0.2, 0.25) is 5.95 Å². The first kappa shape index (κ1) is 14.1. The van der Waals surface area contributed by atoms with Crippen molar-refractivity contribution in [1.29, 1.82) is 0 Å². The Morgan fingerprint density at radius 3 is 3.17 bits per heavy atom. The quantitative estimate of drug-likeness (QED) is 0.907. The Bertz CT molecular complexity index is 742. The summed E-state index contributed by atoms with van der Waals surface area (Å²) in [6, 6.07) is 8.60. The maximum atomic E-state index is 4.68. The van der Waals surface area contributed by atoms with Crippen LogP contribution in [0.1, 0.15) is 18.1 Å². The monoisotopic (exact) mass is 308 g/mol. The highest BCUT2D eigenvalue weighted by molar-refractivity contribution is 5.86. The van der Waals surface area contributed by atoms with Gasteiger partial charge >= 0.3 is 0 Å². The van der Waals surface area contributed by atoms with E-state index in [0.29, 0.717) is 6.04 Å². The Morgan fingerprint density at radius 2 is 2.26 bits per heavy atom. The zero-order valence-electron chi connectivity index (χ0n) is 13.2. The van der Waals surface area contributed by atoms with Crippen molar-refractivity contribution >= 4 is 23.7 Å². The summed E-state index contributed by atoms with van der Waals surface area (Å²) < 4.78 is 0. The van der Waals surface area contributed by atoms with Crippen LogP contribution < -0.4 is 15.5 Å². The molecule has 0 aliphatic carbocycles. The summed E-state index contributed by atoms with van der Waals surface area (Å²) in [5, 5.41) is 6.76. The van der Waals surface area contributed by atoms with E-state index in [1.54, 1.807) is 0 Å². The lowest BCUT2D eigenvalue weighted by atomic mass is 10.1. The molecule has 6 nitrogen and oxygen atoms in total. The number of nitrogens with zero attached hydrogens (tertiary/aromatic N) is 4. The van der Waals surface area contributed by atoms with Crippen molar-refractivity contribution in [3.05, 3.63) is 41.6 Å². The largest absolute Gasteiger partial charge is 0.340 e. The SMILES string of the molecule is CC1CNCCN1c1nccc(Nc2ccc3c(c2)C=NC3)n1. The van der Waals surface area contributed by atoms with Gasteiger partial charge < -0.3 is 15.5 Å². The Kier molecular flexibility index (Phi) is 3.67.